The van der Waals surface area contributed by atoms with Gasteiger partial charge in [0.25, 0.3) is 5.22 Å². The van der Waals surface area contributed by atoms with Crippen LogP contribution in [0.15, 0.2) is 58.2 Å². The molecule has 27 heavy (non-hydrogen) atoms. The van der Waals surface area contributed by atoms with Crippen molar-refractivity contribution in [3.8, 4) is 0 Å². The van der Waals surface area contributed by atoms with Gasteiger partial charge in [-0.25, -0.2) is 4.98 Å². The highest BCUT2D eigenvalue weighted by atomic mass is 32.2. The molecule has 0 unspecified atom stereocenters. The molecule has 7 heteroatoms. The summed E-state index contributed by atoms with van der Waals surface area (Å²) in [4.78, 5) is 21.5. The van der Waals surface area contributed by atoms with Crippen molar-refractivity contribution in [2.45, 2.75) is 5.22 Å². The molecule has 0 aliphatic carbocycles. The summed E-state index contributed by atoms with van der Waals surface area (Å²) in [5, 5.41) is 3.55. The zero-order chi connectivity index (χ0) is 18.6. The molecule has 0 spiro atoms. The van der Waals surface area contributed by atoms with Gasteiger partial charge >= 0.3 is 0 Å². The second-order valence-electron chi connectivity index (χ2n) is 6.59. The van der Waals surface area contributed by atoms with Crippen LogP contribution in [0.25, 0.3) is 11.1 Å². The standard InChI is InChI=1S/C20H22N4O2S/c1-23-10-12-24(13-11-23)17-8-4-2-6-15(17)21-19(25)14-27-20-22-16-7-3-5-9-18(16)26-20/h2-9H,10-14H2,1H3,(H,21,25). The number of thioether (sulfide) groups is 1. The Hall–Kier alpha value is -2.51. The number of fused-ring (bicyclic) bond motifs is 1. The zero-order valence-corrected chi connectivity index (χ0v) is 16.0. The molecule has 4 rings (SSSR count). The van der Waals surface area contributed by atoms with Crippen LogP contribution >= 0.6 is 11.8 Å². The molecular formula is C20H22N4O2S. The summed E-state index contributed by atoms with van der Waals surface area (Å²) in [5.74, 6) is 0.188. The third-order valence-corrected chi connectivity index (χ3v) is 5.45. The maximum Gasteiger partial charge on any atom is 0.257 e. The van der Waals surface area contributed by atoms with Gasteiger partial charge in [-0.2, -0.15) is 0 Å². The van der Waals surface area contributed by atoms with Crippen molar-refractivity contribution < 1.29 is 9.21 Å². The average molecular weight is 382 g/mol. The van der Waals surface area contributed by atoms with Gasteiger partial charge in [0.2, 0.25) is 5.91 Å². The number of aromatic nitrogens is 1. The number of oxazole rings is 1. The minimum atomic E-state index is -0.0659. The van der Waals surface area contributed by atoms with E-state index in [1.165, 1.54) is 11.8 Å². The van der Waals surface area contributed by atoms with Gasteiger partial charge in [0.1, 0.15) is 5.52 Å². The summed E-state index contributed by atoms with van der Waals surface area (Å²) in [6.07, 6.45) is 0. The van der Waals surface area contributed by atoms with Crippen molar-refractivity contribution in [2.24, 2.45) is 0 Å². The number of hydrogen-bond donors (Lipinski definition) is 1. The number of nitrogens with one attached hydrogen (secondary N) is 1. The number of piperazine rings is 1. The molecule has 1 N–H and O–H groups in total. The van der Waals surface area contributed by atoms with E-state index in [1.54, 1.807) is 0 Å². The van der Waals surface area contributed by atoms with E-state index >= 15 is 0 Å². The van der Waals surface area contributed by atoms with Gasteiger partial charge in [0.05, 0.1) is 17.1 Å². The first-order chi connectivity index (χ1) is 13.2. The van der Waals surface area contributed by atoms with Crippen LogP contribution < -0.4 is 10.2 Å². The Morgan fingerprint density at radius 1 is 1.11 bits per heavy atom. The molecule has 0 bridgehead atoms. The minimum Gasteiger partial charge on any atom is -0.431 e. The number of para-hydroxylation sites is 4. The lowest BCUT2D eigenvalue weighted by atomic mass is 10.2. The molecule has 1 saturated heterocycles. The molecule has 1 amide bonds. The van der Waals surface area contributed by atoms with Crippen LogP contribution in [-0.4, -0.2) is 54.8 Å². The van der Waals surface area contributed by atoms with E-state index in [1.807, 2.05) is 42.5 Å². The Kier molecular flexibility index (Phi) is 5.31. The van der Waals surface area contributed by atoms with Crippen LogP contribution in [0.2, 0.25) is 0 Å². The fourth-order valence-electron chi connectivity index (χ4n) is 3.13. The molecule has 1 aliphatic rings. The number of likely N-dealkylation sites (N-methyl/N-ethyl adjacent to an activating group) is 1. The number of rotatable bonds is 5. The van der Waals surface area contributed by atoms with E-state index in [-0.39, 0.29) is 11.7 Å². The largest absolute Gasteiger partial charge is 0.431 e. The zero-order valence-electron chi connectivity index (χ0n) is 15.2. The number of carbonyl (C=O) groups is 1. The number of amides is 1. The van der Waals surface area contributed by atoms with Crippen LogP contribution in [0.3, 0.4) is 0 Å². The highest BCUT2D eigenvalue weighted by Crippen LogP contribution is 2.27. The fourth-order valence-corrected chi connectivity index (χ4v) is 3.77. The van der Waals surface area contributed by atoms with Gasteiger partial charge in [-0.15, -0.1) is 0 Å². The molecule has 1 aromatic heterocycles. The van der Waals surface area contributed by atoms with E-state index in [4.69, 9.17) is 4.42 Å². The van der Waals surface area contributed by atoms with Crippen LogP contribution in [0.5, 0.6) is 0 Å². The lowest BCUT2D eigenvalue weighted by Gasteiger charge is -2.35. The quantitative estimate of drug-likeness (QED) is 0.683. The van der Waals surface area contributed by atoms with E-state index in [0.717, 1.165) is 48.7 Å². The van der Waals surface area contributed by atoms with Gasteiger partial charge in [-0.05, 0) is 31.3 Å². The molecule has 2 aromatic carbocycles. The number of hydrogen-bond acceptors (Lipinski definition) is 6. The first-order valence-corrected chi connectivity index (χ1v) is 9.98. The summed E-state index contributed by atoms with van der Waals surface area (Å²) in [6.45, 7) is 3.97. The second kappa shape index (κ2) is 8.02. The molecule has 1 fully saturated rings. The van der Waals surface area contributed by atoms with Crippen molar-refractivity contribution in [3.05, 3.63) is 48.5 Å². The van der Waals surface area contributed by atoms with Gasteiger partial charge in [-0.1, -0.05) is 36.0 Å². The molecule has 0 saturated carbocycles. The van der Waals surface area contributed by atoms with E-state index < -0.39 is 0 Å². The van der Waals surface area contributed by atoms with Crippen LogP contribution in [0, 0.1) is 0 Å². The number of nitrogens with zero attached hydrogens (tertiary/aromatic N) is 3. The molecule has 6 nitrogen and oxygen atoms in total. The van der Waals surface area contributed by atoms with Crippen molar-refractivity contribution in [1.29, 1.82) is 0 Å². The topological polar surface area (TPSA) is 61.6 Å². The molecule has 2 heterocycles. The predicted molar refractivity (Wildman–Crippen MR) is 110 cm³/mol. The predicted octanol–water partition coefficient (Wildman–Crippen LogP) is 3.31. The Bertz CT molecular complexity index is 901. The summed E-state index contributed by atoms with van der Waals surface area (Å²) in [5.41, 5.74) is 3.47. The van der Waals surface area contributed by atoms with Gasteiger partial charge in [0.15, 0.2) is 5.58 Å². The van der Waals surface area contributed by atoms with Crippen molar-refractivity contribution in [3.63, 3.8) is 0 Å². The Morgan fingerprint density at radius 2 is 1.85 bits per heavy atom. The summed E-state index contributed by atoms with van der Waals surface area (Å²) < 4.78 is 5.66. The normalized spacial score (nSPS) is 15.2. The number of anilines is 2. The minimum absolute atomic E-state index is 0.0659. The fraction of sp³-hybridized carbons (Fsp3) is 0.300. The summed E-state index contributed by atoms with van der Waals surface area (Å²) in [6, 6.07) is 15.6. The van der Waals surface area contributed by atoms with Crippen LogP contribution in [-0.2, 0) is 4.79 Å². The third kappa shape index (κ3) is 4.26. The summed E-state index contributed by atoms with van der Waals surface area (Å²) >= 11 is 1.31. The lowest BCUT2D eigenvalue weighted by Crippen LogP contribution is -2.44. The maximum absolute atomic E-state index is 12.5. The average Bonchev–Trinajstić information content (AvgIpc) is 3.11. The van der Waals surface area contributed by atoms with Crippen molar-refractivity contribution in [2.75, 3.05) is 49.2 Å². The highest BCUT2D eigenvalue weighted by Gasteiger charge is 2.18. The van der Waals surface area contributed by atoms with E-state index in [0.29, 0.717) is 5.22 Å². The summed E-state index contributed by atoms with van der Waals surface area (Å²) in [7, 11) is 2.13. The molecule has 3 aromatic rings. The smallest absolute Gasteiger partial charge is 0.257 e. The second-order valence-corrected chi connectivity index (χ2v) is 7.52. The Balaban J connectivity index is 1.39. The molecular weight excluding hydrogens is 360 g/mol. The molecule has 0 radical (unpaired) electrons. The Morgan fingerprint density at radius 3 is 2.67 bits per heavy atom. The van der Waals surface area contributed by atoms with Crippen LogP contribution in [0.1, 0.15) is 0 Å². The first-order valence-electron chi connectivity index (χ1n) is 9.00. The molecule has 0 atom stereocenters. The maximum atomic E-state index is 12.5. The first kappa shape index (κ1) is 17.9. The van der Waals surface area contributed by atoms with Crippen molar-refractivity contribution in [1.82, 2.24) is 9.88 Å². The van der Waals surface area contributed by atoms with Gasteiger partial charge in [-0.3, -0.25) is 4.79 Å². The van der Waals surface area contributed by atoms with Crippen LogP contribution in [0.4, 0.5) is 11.4 Å². The van der Waals surface area contributed by atoms with Crippen molar-refractivity contribution >= 4 is 40.1 Å². The molecule has 140 valence electrons. The van der Waals surface area contributed by atoms with Gasteiger partial charge in [0, 0.05) is 26.2 Å². The Labute approximate surface area is 162 Å². The third-order valence-electron chi connectivity index (χ3n) is 4.62. The molecule has 1 aliphatic heterocycles. The number of carbonyl (C=O) groups excluding carboxylic acids is 1. The SMILES string of the molecule is CN1CCN(c2ccccc2NC(=O)CSc2nc3ccccc3o2)CC1. The number of benzene rings is 2. The van der Waals surface area contributed by atoms with E-state index in [2.05, 4.69) is 33.2 Å². The lowest BCUT2D eigenvalue weighted by molar-refractivity contribution is -0.113. The van der Waals surface area contributed by atoms with E-state index in [9.17, 15) is 4.79 Å². The highest BCUT2D eigenvalue weighted by molar-refractivity contribution is 7.99. The monoisotopic (exact) mass is 382 g/mol. The van der Waals surface area contributed by atoms with Gasteiger partial charge < -0.3 is 19.5 Å².